The third-order valence-corrected chi connectivity index (χ3v) is 2.55. The summed E-state index contributed by atoms with van der Waals surface area (Å²) < 4.78 is 9.83. The van der Waals surface area contributed by atoms with Crippen LogP contribution in [0.4, 0.5) is 11.8 Å². The number of nitrogens with one attached hydrogen (secondary N) is 2. The highest BCUT2D eigenvalue weighted by Gasteiger charge is 2.12. The van der Waals surface area contributed by atoms with Crippen LogP contribution in [0.3, 0.4) is 0 Å². The second-order valence-corrected chi connectivity index (χ2v) is 4.41. The molecular formula is C13H17N5O3. The molecule has 0 bridgehead atoms. The molecule has 2 aromatic rings. The first kappa shape index (κ1) is 14.9. The van der Waals surface area contributed by atoms with Crippen molar-refractivity contribution < 1.29 is 14.1 Å². The number of ether oxygens (including phenoxy) is 1. The van der Waals surface area contributed by atoms with Crippen LogP contribution < -0.4 is 10.6 Å². The molecule has 8 nitrogen and oxygen atoms in total. The van der Waals surface area contributed by atoms with Crippen molar-refractivity contribution >= 4 is 17.7 Å². The zero-order chi connectivity index (χ0) is 15.2. The Hall–Kier alpha value is -2.48. The highest BCUT2D eigenvalue weighted by molar-refractivity contribution is 6.02. The molecule has 0 aliphatic rings. The normalized spacial score (nSPS) is 10.4. The maximum Gasteiger partial charge on any atom is 0.275 e. The third-order valence-electron chi connectivity index (χ3n) is 2.55. The molecule has 1 amide bonds. The van der Waals surface area contributed by atoms with Gasteiger partial charge in [0, 0.05) is 25.4 Å². The van der Waals surface area contributed by atoms with Crippen LogP contribution in [0.1, 0.15) is 21.9 Å². The topological polar surface area (TPSA) is 102 Å². The van der Waals surface area contributed by atoms with Crippen LogP contribution in [0, 0.1) is 13.8 Å². The highest BCUT2D eigenvalue weighted by atomic mass is 16.5. The van der Waals surface area contributed by atoms with Crippen molar-refractivity contribution in [3.05, 3.63) is 29.3 Å². The Morgan fingerprint density at radius 2 is 2.14 bits per heavy atom. The molecule has 21 heavy (non-hydrogen) atoms. The summed E-state index contributed by atoms with van der Waals surface area (Å²) in [6, 6.07) is 3.23. The predicted octanol–water partition coefficient (Wildman–Crippen LogP) is 1.39. The molecule has 2 rings (SSSR count). The van der Waals surface area contributed by atoms with Crippen LogP contribution >= 0.6 is 0 Å². The van der Waals surface area contributed by atoms with E-state index in [4.69, 9.17) is 9.26 Å². The van der Waals surface area contributed by atoms with Gasteiger partial charge in [-0.25, -0.2) is 9.97 Å². The van der Waals surface area contributed by atoms with Gasteiger partial charge in [-0.05, 0) is 19.9 Å². The molecule has 0 saturated heterocycles. The van der Waals surface area contributed by atoms with E-state index in [0.29, 0.717) is 36.4 Å². The van der Waals surface area contributed by atoms with E-state index in [9.17, 15) is 4.79 Å². The minimum absolute atomic E-state index is 0.253. The second kappa shape index (κ2) is 6.80. The van der Waals surface area contributed by atoms with Crippen LogP contribution in [-0.2, 0) is 4.74 Å². The Morgan fingerprint density at radius 3 is 2.81 bits per heavy atom. The lowest BCUT2D eigenvalue weighted by atomic mass is 10.3. The summed E-state index contributed by atoms with van der Waals surface area (Å²) in [5, 5.41) is 9.31. The van der Waals surface area contributed by atoms with Crippen LogP contribution in [0.5, 0.6) is 0 Å². The van der Waals surface area contributed by atoms with Gasteiger partial charge in [0.1, 0.15) is 11.5 Å². The molecule has 0 aliphatic carbocycles. The number of hydrogen-bond acceptors (Lipinski definition) is 7. The zero-order valence-corrected chi connectivity index (χ0v) is 12.1. The molecule has 0 fully saturated rings. The van der Waals surface area contributed by atoms with Gasteiger partial charge < -0.3 is 19.9 Å². The molecule has 2 N–H and O–H groups in total. The molecule has 0 radical (unpaired) electrons. The molecule has 8 heteroatoms. The standard InChI is InChI=1S/C13H17N5O3/c1-8-6-10(16-13(15-8)14-4-5-20-3)12(19)17-11-7-9(2)21-18-11/h6-7H,4-5H2,1-3H3,(H,14,15,16)(H,17,18,19). The number of carbonyl (C=O) groups excluding carboxylic acids is 1. The molecular weight excluding hydrogens is 274 g/mol. The van der Waals surface area contributed by atoms with Gasteiger partial charge in [0.25, 0.3) is 5.91 Å². The van der Waals surface area contributed by atoms with E-state index >= 15 is 0 Å². The minimum atomic E-state index is -0.372. The third kappa shape index (κ3) is 4.25. The van der Waals surface area contributed by atoms with E-state index in [1.165, 1.54) is 0 Å². The first-order valence-corrected chi connectivity index (χ1v) is 6.41. The summed E-state index contributed by atoms with van der Waals surface area (Å²) in [7, 11) is 1.61. The molecule has 0 aliphatic heterocycles. The summed E-state index contributed by atoms with van der Waals surface area (Å²) in [6.07, 6.45) is 0. The van der Waals surface area contributed by atoms with Gasteiger partial charge in [0.05, 0.1) is 6.61 Å². The average Bonchev–Trinajstić information content (AvgIpc) is 2.84. The number of hydrogen-bond donors (Lipinski definition) is 2. The van der Waals surface area contributed by atoms with Crippen LogP contribution in [0.2, 0.25) is 0 Å². The largest absolute Gasteiger partial charge is 0.383 e. The maximum atomic E-state index is 12.1. The fourth-order valence-corrected chi connectivity index (χ4v) is 1.63. The van der Waals surface area contributed by atoms with Crippen LogP contribution in [0.25, 0.3) is 0 Å². The predicted molar refractivity (Wildman–Crippen MR) is 76.3 cm³/mol. The lowest BCUT2D eigenvalue weighted by Gasteiger charge is -2.07. The molecule has 2 heterocycles. The van der Waals surface area contributed by atoms with Gasteiger partial charge in [-0.15, -0.1) is 0 Å². The SMILES string of the molecule is COCCNc1nc(C)cc(C(=O)Nc2cc(C)on2)n1. The Balaban J connectivity index is 2.09. The van der Waals surface area contributed by atoms with Gasteiger partial charge in [-0.1, -0.05) is 5.16 Å². The Labute approximate surface area is 121 Å². The summed E-state index contributed by atoms with van der Waals surface area (Å²) in [4.78, 5) is 20.5. The van der Waals surface area contributed by atoms with Crippen LogP contribution in [-0.4, -0.2) is 41.3 Å². The van der Waals surface area contributed by atoms with Crippen molar-refractivity contribution in [1.82, 2.24) is 15.1 Å². The number of methoxy groups -OCH3 is 1. The fraction of sp³-hybridized carbons (Fsp3) is 0.385. The molecule has 0 saturated carbocycles. The number of aryl methyl sites for hydroxylation is 2. The number of rotatable bonds is 6. The van der Waals surface area contributed by atoms with Crippen molar-refractivity contribution in [2.75, 3.05) is 30.9 Å². The van der Waals surface area contributed by atoms with Gasteiger partial charge in [-0.3, -0.25) is 4.79 Å². The number of aromatic nitrogens is 3. The fourth-order valence-electron chi connectivity index (χ4n) is 1.63. The smallest absolute Gasteiger partial charge is 0.275 e. The molecule has 0 unspecified atom stereocenters. The van der Waals surface area contributed by atoms with E-state index < -0.39 is 0 Å². The number of amides is 1. The minimum Gasteiger partial charge on any atom is -0.383 e. The summed E-state index contributed by atoms with van der Waals surface area (Å²) in [5.74, 6) is 0.978. The number of carbonyl (C=O) groups is 1. The lowest BCUT2D eigenvalue weighted by Crippen LogP contribution is -2.17. The monoisotopic (exact) mass is 291 g/mol. The number of anilines is 2. The molecule has 0 aromatic carbocycles. The van der Waals surface area contributed by atoms with Crippen molar-refractivity contribution in [1.29, 1.82) is 0 Å². The Bertz CT molecular complexity index is 626. The van der Waals surface area contributed by atoms with E-state index in [-0.39, 0.29) is 11.6 Å². The van der Waals surface area contributed by atoms with Crippen molar-refractivity contribution in [3.8, 4) is 0 Å². The van der Waals surface area contributed by atoms with E-state index in [1.807, 2.05) is 0 Å². The Kier molecular flexibility index (Phi) is 4.83. The summed E-state index contributed by atoms with van der Waals surface area (Å²) >= 11 is 0. The highest BCUT2D eigenvalue weighted by Crippen LogP contribution is 2.10. The quantitative estimate of drug-likeness (QED) is 0.775. The summed E-state index contributed by atoms with van der Waals surface area (Å²) in [5.41, 5.74) is 0.939. The van der Waals surface area contributed by atoms with E-state index in [1.54, 1.807) is 33.1 Å². The van der Waals surface area contributed by atoms with Crippen molar-refractivity contribution in [2.24, 2.45) is 0 Å². The van der Waals surface area contributed by atoms with Gasteiger partial charge in [-0.2, -0.15) is 0 Å². The lowest BCUT2D eigenvalue weighted by molar-refractivity contribution is 0.102. The van der Waals surface area contributed by atoms with E-state index in [2.05, 4.69) is 25.8 Å². The van der Waals surface area contributed by atoms with Crippen LogP contribution in [0.15, 0.2) is 16.7 Å². The second-order valence-electron chi connectivity index (χ2n) is 4.41. The summed E-state index contributed by atoms with van der Waals surface area (Å²) in [6.45, 7) is 4.62. The molecule has 112 valence electrons. The Morgan fingerprint density at radius 1 is 1.33 bits per heavy atom. The van der Waals surface area contributed by atoms with E-state index in [0.717, 1.165) is 0 Å². The van der Waals surface area contributed by atoms with Gasteiger partial charge >= 0.3 is 0 Å². The van der Waals surface area contributed by atoms with Gasteiger partial charge in [0.2, 0.25) is 5.95 Å². The van der Waals surface area contributed by atoms with Crippen molar-refractivity contribution in [2.45, 2.75) is 13.8 Å². The first-order valence-electron chi connectivity index (χ1n) is 6.41. The molecule has 0 atom stereocenters. The number of nitrogens with zero attached hydrogens (tertiary/aromatic N) is 3. The zero-order valence-electron chi connectivity index (χ0n) is 12.1. The first-order chi connectivity index (χ1) is 10.1. The van der Waals surface area contributed by atoms with Gasteiger partial charge in [0.15, 0.2) is 5.82 Å². The average molecular weight is 291 g/mol. The molecule has 2 aromatic heterocycles. The molecule has 0 spiro atoms. The maximum absolute atomic E-state index is 12.1. The van der Waals surface area contributed by atoms with Crippen molar-refractivity contribution in [3.63, 3.8) is 0 Å².